The summed E-state index contributed by atoms with van der Waals surface area (Å²) in [7, 11) is 0. The van der Waals surface area contributed by atoms with E-state index in [0.29, 0.717) is 0 Å². The van der Waals surface area contributed by atoms with Crippen LogP contribution in [-0.4, -0.2) is 21.9 Å². The van der Waals surface area contributed by atoms with Crippen molar-refractivity contribution in [3.8, 4) is 0 Å². The van der Waals surface area contributed by atoms with Crippen LogP contribution >= 0.6 is 0 Å². The number of benzene rings is 1. The summed E-state index contributed by atoms with van der Waals surface area (Å²) in [6, 6.07) is 8.50. The Kier molecular flexibility index (Phi) is 5.39. The van der Waals surface area contributed by atoms with Crippen molar-refractivity contribution in [1.29, 1.82) is 0 Å². The number of nitrogens with zero attached hydrogens (tertiary/aromatic N) is 1. The van der Waals surface area contributed by atoms with Crippen molar-refractivity contribution in [3.05, 3.63) is 69.9 Å². The van der Waals surface area contributed by atoms with E-state index in [4.69, 9.17) is 0 Å². The molecule has 1 aromatic heterocycles. The minimum Gasteiger partial charge on any atom is -0.349 e. The zero-order valence-corrected chi connectivity index (χ0v) is 15.1. The molecule has 1 aliphatic rings. The third kappa shape index (κ3) is 4.81. The minimum atomic E-state index is -0.376. The Morgan fingerprint density at radius 2 is 1.85 bits per heavy atom. The van der Waals surface area contributed by atoms with Crippen molar-refractivity contribution in [3.63, 3.8) is 0 Å². The van der Waals surface area contributed by atoms with E-state index in [1.165, 1.54) is 35.0 Å². The van der Waals surface area contributed by atoms with Crippen molar-refractivity contribution >= 4 is 11.8 Å². The lowest BCUT2D eigenvalue weighted by Crippen LogP contribution is -2.52. The second-order valence-electron chi connectivity index (χ2n) is 7.16. The molecule has 0 spiro atoms. The fourth-order valence-electron chi connectivity index (χ4n) is 3.04. The number of carbonyl (C=O) groups is 2. The van der Waals surface area contributed by atoms with Gasteiger partial charge in [-0.05, 0) is 49.9 Å². The van der Waals surface area contributed by atoms with Crippen molar-refractivity contribution < 1.29 is 14.0 Å². The second-order valence-corrected chi connectivity index (χ2v) is 7.16. The van der Waals surface area contributed by atoms with E-state index in [2.05, 4.69) is 10.6 Å². The standard InChI is InChI=1S/C20H22FN3O3/c1-20(9-2-10-20)23-17(25)13-24-12-15(5-8-18(24)26)19(27)22-11-14-3-6-16(21)7-4-14/h3-8,12H,2,9-11,13H2,1H3,(H,22,27)(H,23,25). The summed E-state index contributed by atoms with van der Waals surface area (Å²) in [6.45, 7) is 2.08. The first-order valence-electron chi connectivity index (χ1n) is 8.89. The zero-order chi connectivity index (χ0) is 19.4. The lowest BCUT2D eigenvalue weighted by molar-refractivity contribution is -0.124. The van der Waals surface area contributed by atoms with Gasteiger partial charge in [-0.1, -0.05) is 12.1 Å². The average Bonchev–Trinajstić information content (AvgIpc) is 2.61. The second kappa shape index (κ2) is 7.73. The van der Waals surface area contributed by atoms with Crippen molar-refractivity contribution in [2.75, 3.05) is 0 Å². The van der Waals surface area contributed by atoms with Crippen LogP contribution in [-0.2, 0) is 17.9 Å². The van der Waals surface area contributed by atoms with E-state index >= 15 is 0 Å². The monoisotopic (exact) mass is 371 g/mol. The van der Waals surface area contributed by atoms with E-state index in [1.54, 1.807) is 12.1 Å². The van der Waals surface area contributed by atoms with Crippen LogP contribution in [0.3, 0.4) is 0 Å². The molecule has 1 saturated carbocycles. The summed E-state index contributed by atoms with van der Waals surface area (Å²) < 4.78 is 14.1. The Hall–Kier alpha value is -2.96. The molecule has 3 rings (SSSR count). The van der Waals surface area contributed by atoms with E-state index in [0.717, 1.165) is 24.8 Å². The molecule has 1 heterocycles. The van der Waals surface area contributed by atoms with Crippen molar-refractivity contribution in [2.24, 2.45) is 0 Å². The van der Waals surface area contributed by atoms with Gasteiger partial charge < -0.3 is 15.2 Å². The number of pyridine rings is 1. The number of nitrogens with one attached hydrogen (secondary N) is 2. The molecular formula is C20H22FN3O3. The molecule has 2 N–H and O–H groups in total. The molecule has 0 bridgehead atoms. The molecule has 7 heteroatoms. The van der Waals surface area contributed by atoms with Gasteiger partial charge in [0.15, 0.2) is 0 Å². The van der Waals surface area contributed by atoms with Gasteiger partial charge in [0.1, 0.15) is 12.4 Å². The smallest absolute Gasteiger partial charge is 0.253 e. The van der Waals surface area contributed by atoms with Crippen LogP contribution in [0.5, 0.6) is 0 Å². The highest BCUT2D eigenvalue weighted by Crippen LogP contribution is 2.30. The molecule has 0 saturated heterocycles. The van der Waals surface area contributed by atoms with Crippen LogP contribution in [0.25, 0.3) is 0 Å². The quantitative estimate of drug-likeness (QED) is 0.815. The average molecular weight is 371 g/mol. The Morgan fingerprint density at radius 1 is 1.15 bits per heavy atom. The van der Waals surface area contributed by atoms with Gasteiger partial charge in [0, 0.05) is 24.3 Å². The summed E-state index contributed by atoms with van der Waals surface area (Å²) in [5.74, 6) is -0.964. The van der Waals surface area contributed by atoms with E-state index in [-0.39, 0.29) is 47.4 Å². The van der Waals surface area contributed by atoms with Crippen LogP contribution in [0, 0.1) is 5.82 Å². The summed E-state index contributed by atoms with van der Waals surface area (Å²) in [5, 5.41) is 5.65. The first-order chi connectivity index (χ1) is 12.8. The van der Waals surface area contributed by atoms with Crippen LogP contribution in [0.4, 0.5) is 4.39 Å². The molecule has 142 valence electrons. The third-order valence-electron chi connectivity index (χ3n) is 4.82. The van der Waals surface area contributed by atoms with Gasteiger partial charge in [-0.3, -0.25) is 14.4 Å². The predicted molar refractivity (Wildman–Crippen MR) is 98.7 cm³/mol. The molecule has 0 atom stereocenters. The molecule has 1 fully saturated rings. The highest BCUT2D eigenvalue weighted by molar-refractivity contribution is 5.93. The van der Waals surface area contributed by atoms with Gasteiger partial charge in [-0.2, -0.15) is 0 Å². The molecule has 6 nitrogen and oxygen atoms in total. The summed E-state index contributed by atoms with van der Waals surface area (Å²) in [6.07, 6.45) is 4.32. The first kappa shape index (κ1) is 18.8. The summed E-state index contributed by atoms with van der Waals surface area (Å²) in [4.78, 5) is 36.5. The van der Waals surface area contributed by atoms with E-state index < -0.39 is 0 Å². The fourth-order valence-corrected chi connectivity index (χ4v) is 3.04. The van der Waals surface area contributed by atoms with E-state index in [1.807, 2.05) is 6.92 Å². The van der Waals surface area contributed by atoms with Crippen molar-refractivity contribution in [2.45, 2.75) is 44.8 Å². The van der Waals surface area contributed by atoms with Gasteiger partial charge in [-0.15, -0.1) is 0 Å². The normalized spacial score (nSPS) is 14.9. The first-order valence-corrected chi connectivity index (χ1v) is 8.89. The highest BCUT2D eigenvalue weighted by atomic mass is 19.1. The number of hydrogen-bond donors (Lipinski definition) is 2. The zero-order valence-electron chi connectivity index (χ0n) is 15.1. The van der Waals surface area contributed by atoms with Crippen molar-refractivity contribution in [1.82, 2.24) is 15.2 Å². The Labute approximate surface area is 156 Å². The van der Waals surface area contributed by atoms with Gasteiger partial charge in [-0.25, -0.2) is 4.39 Å². The van der Waals surface area contributed by atoms with Crippen LogP contribution in [0.2, 0.25) is 0 Å². The number of rotatable bonds is 6. The molecule has 0 unspecified atom stereocenters. The Bertz CT molecular complexity index is 901. The van der Waals surface area contributed by atoms with Crippen LogP contribution < -0.4 is 16.2 Å². The maximum Gasteiger partial charge on any atom is 0.253 e. The third-order valence-corrected chi connectivity index (χ3v) is 4.82. The predicted octanol–water partition coefficient (Wildman–Crippen LogP) is 1.98. The molecule has 1 aromatic carbocycles. The molecule has 1 aliphatic carbocycles. The molecule has 2 aromatic rings. The number of amides is 2. The maximum atomic E-state index is 12.9. The molecular weight excluding hydrogens is 349 g/mol. The minimum absolute atomic E-state index is 0.131. The number of halogens is 1. The SMILES string of the molecule is CC1(NC(=O)Cn2cc(C(=O)NCc3ccc(F)cc3)ccc2=O)CCC1. The van der Waals surface area contributed by atoms with Gasteiger partial charge in [0.25, 0.3) is 11.5 Å². The van der Waals surface area contributed by atoms with Crippen LogP contribution in [0.15, 0.2) is 47.4 Å². The van der Waals surface area contributed by atoms with Gasteiger partial charge in [0.2, 0.25) is 5.91 Å². The van der Waals surface area contributed by atoms with E-state index in [9.17, 15) is 18.8 Å². The molecule has 0 aliphatic heterocycles. The lowest BCUT2D eigenvalue weighted by Gasteiger charge is -2.39. The summed E-state index contributed by atoms with van der Waals surface area (Å²) >= 11 is 0. The highest BCUT2D eigenvalue weighted by Gasteiger charge is 2.33. The molecule has 2 amide bonds. The van der Waals surface area contributed by atoms with Crippen LogP contribution in [0.1, 0.15) is 42.1 Å². The maximum absolute atomic E-state index is 12.9. The van der Waals surface area contributed by atoms with Gasteiger partial charge >= 0.3 is 0 Å². The topological polar surface area (TPSA) is 80.2 Å². The lowest BCUT2D eigenvalue weighted by atomic mass is 9.78. The molecule has 0 radical (unpaired) electrons. The Balaban J connectivity index is 1.63. The summed E-state index contributed by atoms with van der Waals surface area (Å²) in [5.41, 5.74) is 0.495. The number of aromatic nitrogens is 1. The fraction of sp³-hybridized carbons (Fsp3) is 0.350. The number of hydrogen-bond acceptors (Lipinski definition) is 3. The number of carbonyl (C=O) groups excluding carboxylic acids is 2. The van der Waals surface area contributed by atoms with Gasteiger partial charge in [0.05, 0.1) is 5.56 Å². The molecule has 27 heavy (non-hydrogen) atoms. The largest absolute Gasteiger partial charge is 0.349 e. The Morgan fingerprint density at radius 3 is 2.48 bits per heavy atom.